The van der Waals surface area contributed by atoms with Crippen molar-refractivity contribution in [3.05, 3.63) is 48.0 Å². The molecule has 1 aliphatic carbocycles. The minimum atomic E-state index is 0.681. The maximum absolute atomic E-state index is 3.91. The number of hydrogen-bond donors (Lipinski definition) is 1. The molecule has 0 amide bonds. The summed E-state index contributed by atoms with van der Waals surface area (Å²) < 4.78 is 0. The zero-order valence-electron chi connectivity index (χ0n) is 12.4. The van der Waals surface area contributed by atoms with E-state index in [0.717, 1.165) is 6.54 Å². The fraction of sp³-hybridized carbons (Fsp3) is 0.556. The van der Waals surface area contributed by atoms with Crippen molar-refractivity contribution in [2.75, 3.05) is 19.6 Å². The molecule has 20 heavy (non-hydrogen) atoms. The number of nitrogens with zero attached hydrogens (tertiary/aromatic N) is 1. The van der Waals surface area contributed by atoms with Crippen LogP contribution in [0.25, 0.3) is 0 Å². The van der Waals surface area contributed by atoms with Crippen molar-refractivity contribution >= 4 is 0 Å². The van der Waals surface area contributed by atoms with Gasteiger partial charge in [-0.25, -0.2) is 0 Å². The van der Waals surface area contributed by atoms with Crippen LogP contribution >= 0.6 is 0 Å². The van der Waals surface area contributed by atoms with E-state index in [2.05, 4.69) is 41.1 Å². The molecule has 0 bridgehead atoms. The second-order valence-corrected chi connectivity index (χ2v) is 6.24. The van der Waals surface area contributed by atoms with E-state index in [1.54, 1.807) is 11.1 Å². The van der Waals surface area contributed by atoms with Crippen LogP contribution in [-0.4, -0.2) is 36.6 Å². The van der Waals surface area contributed by atoms with E-state index in [9.17, 15) is 0 Å². The monoisotopic (exact) mass is 270 g/mol. The molecule has 0 saturated carbocycles. The Morgan fingerprint density at radius 1 is 1.10 bits per heavy atom. The normalized spacial score (nSPS) is 24.3. The van der Waals surface area contributed by atoms with Gasteiger partial charge in [0.1, 0.15) is 0 Å². The topological polar surface area (TPSA) is 15.3 Å². The van der Waals surface area contributed by atoms with Gasteiger partial charge in [0.25, 0.3) is 0 Å². The van der Waals surface area contributed by atoms with Crippen LogP contribution in [0.5, 0.6) is 0 Å². The molecule has 1 fully saturated rings. The van der Waals surface area contributed by atoms with Crippen molar-refractivity contribution in [2.24, 2.45) is 0 Å². The van der Waals surface area contributed by atoms with E-state index >= 15 is 0 Å². The third-order valence-corrected chi connectivity index (χ3v) is 4.79. The van der Waals surface area contributed by atoms with Gasteiger partial charge in [0.05, 0.1) is 0 Å². The Morgan fingerprint density at radius 3 is 2.60 bits per heavy atom. The van der Waals surface area contributed by atoms with Gasteiger partial charge in [-0.1, -0.05) is 30.3 Å². The van der Waals surface area contributed by atoms with Crippen LogP contribution in [-0.2, 0) is 12.8 Å². The first-order chi connectivity index (χ1) is 9.85. The molecule has 2 heteroatoms. The van der Waals surface area contributed by atoms with E-state index in [0.29, 0.717) is 12.1 Å². The summed E-state index contributed by atoms with van der Waals surface area (Å²) in [6, 6.07) is 10.3. The highest BCUT2D eigenvalue weighted by Gasteiger charge is 2.23. The molecule has 2 nitrogen and oxygen atoms in total. The number of nitrogens with one attached hydrogen (secondary N) is 1. The molecule has 0 radical (unpaired) electrons. The van der Waals surface area contributed by atoms with Crippen molar-refractivity contribution < 1.29 is 0 Å². The second-order valence-electron chi connectivity index (χ2n) is 6.24. The number of rotatable bonds is 4. The molecule has 1 atom stereocenters. The third kappa shape index (κ3) is 3.31. The van der Waals surface area contributed by atoms with Crippen LogP contribution in [0.2, 0.25) is 0 Å². The number of hydrogen-bond acceptors (Lipinski definition) is 2. The maximum Gasteiger partial charge on any atom is 0.0160 e. The van der Waals surface area contributed by atoms with Gasteiger partial charge in [-0.2, -0.15) is 0 Å². The van der Waals surface area contributed by atoms with Crippen LogP contribution in [0.3, 0.4) is 0 Å². The molecule has 1 saturated heterocycles. The fourth-order valence-corrected chi connectivity index (χ4v) is 3.64. The van der Waals surface area contributed by atoms with Gasteiger partial charge in [0, 0.05) is 18.6 Å². The summed E-state index contributed by atoms with van der Waals surface area (Å²) in [5.74, 6) is 0. The minimum Gasteiger partial charge on any atom is -0.311 e. The molecule has 108 valence electrons. The fourth-order valence-electron chi connectivity index (χ4n) is 3.64. The van der Waals surface area contributed by atoms with Crippen molar-refractivity contribution in [1.29, 1.82) is 0 Å². The second kappa shape index (κ2) is 6.55. The van der Waals surface area contributed by atoms with E-state index in [4.69, 9.17) is 0 Å². The largest absolute Gasteiger partial charge is 0.311 e. The summed E-state index contributed by atoms with van der Waals surface area (Å²) in [4.78, 5) is 2.50. The van der Waals surface area contributed by atoms with Gasteiger partial charge in [0.2, 0.25) is 0 Å². The number of fused-ring (bicyclic) bond motifs is 1. The summed E-state index contributed by atoms with van der Waals surface area (Å²) in [6.07, 6.45) is 8.33. The zero-order chi connectivity index (χ0) is 13.8. The maximum atomic E-state index is 3.91. The van der Waals surface area contributed by atoms with Crippen molar-refractivity contribution in [2.45, 2.75) is 44.2 Å². The summed E-state index contributed by atoms with van der Waals surface area (Å²) in [5.41, 5.74) is 3.12. The lowest BCUT2D eigenvalue weighted by Gasteiger charge is -2.35. The summed E-state index contributed by atoms with van der Waals surface area (Å²) in [5, 5.41) is 3.91. The zero-order valence-corrected chi connectivity index (χ0v) is 12.4. The molecule has 1 aromatic carbocycles. The Labute approximate surface area is 122 Å². The lowest BCUT2D eigenvalue weighted by molar-refractivity contribution is 0.204. The van der Waals surface area contributed by atoms with E-state index in [1.807, 2.05) is 6.08 Å². The Kier molecular flexibility index (Phi) is 4.54. The molecule has 1 heterocycles. The lowest BCUT2D eigenvalue weighted by atomic mass is 9.87. The molecule has 0 spiro atoms. The predicted octanol–water partition coefficient (Wildman–Crippen LogP) is 2.78. The third-order valence-electron chi connectivity index (χ3n) is 4.79. The Hall–Kier alpha value is -1.12. The minimum absolute atomic E-state index is 0.681. The lowest BCUT2D eigenvalue weighted by Crippen LogP contribution is -2.47. The number of benzene rings is 1. The summed E-state index contributed by atoms with van der Waals surface area (Å²) >= 11 is 0. The molecule has 0 aromatic heterocycles. The molecular weight excluding hydrogens is 244 g/mol. The van der Waals surface area contributed by atoms with Crippen molar-refractivity contribution in [1.82, 2.24) is 10.2 Å². The Morgan fingerprint density at radius 2 is 1.85 bits per heavy atom. The Balaban J connectivity index is 1.49. The smallest absolute Gasteiger partial charge is 0.0160 e. The molecule has 3 rings (SSSR count). The van der Waals surface area contributed by atoms with Gasteiger partial charge in [0.15, 0.2) is 0 Å². The molecule has 1 aromatic rings. The average molecular weight is 270 g/mol. The van der Waals surface area contributed by atoms with Crippen LogP contribution in [0.15, 0.2) is 36.9 Å². The van der Waals surface area contributed by atoms with Crippen LogP contribution in [0.4, 0.5) is 0 Å². The van der Waals surface area contributed by atoms with Gasteiger partial charge in [-0.05, 0) is 56.3 Å². The van der Waals surface area contributed by atoms with Gasteiger partial charge >= 0.3 is 0 Å². The van der Waals surface area contributed by atoms with Crippen molar-refractivity contribution in [3.8, 4) is 0 Å². The van der Waals surface area contributed by atoms with E-state index in [-0.39, 0.29) is 0 Å². The first-order valence-electron chi connectivity index (χ1n) is 8.01. The quantitative estimate of drug-likeness (QED) is 0.846. The molecule has 1 N–H and O–H groups in total. The van der Waals surface area contributed by atoms with Gasteiger partial charge < -0.3 is 5.32 Å². The number of likely N-dealkylation sites (tertiary alicyclic amines) is 1. The Bertz CT molecular complexity index is 446. The SMILES string of the molecule is C=CCN1CCC(N[C@@H]2CCc3ccccc3C2)CC1. The number of aryl methyl sites for hydroxylation is 1. The highest BCUT2D eigenvalue weighted by molar-refractivity contribution is 5.30. The summed E-state index contributed by atoms with van der Waals surface area (Å²) in [6.45, 7) is 7.31. The molecule has 0 unspecified atom stereocenters. The van der Waals surface area contributed by atoms with Crippen LogP contribution in [0.1, 0.15) is 30.4 Å². The predicted molar refractivity (Wildman–Crippen MR) is 85.0 cm³/mol. The van der Waals surface area contributed by atoms with Crippen molar-refractivity contribution in [3.63, 3.8) is 0 Å². The van der Waals surface area contributed by atoms with Gasteiger partial charge in [-0.3, -0.25) is 4.90 Å². The van der Waals surface area contributed by atoms with Gasteiger partial charge in [-0.15, -0.1) is 6.58 Å². The molecule has 2 aliphatic rings. The standard InChI is InChI=1S/C18H26N2/c1-2-11-20-12-9-17(10-13-20)19-18-8-7-15-5-3-4-6-16(15)14-18/h2-6,17-19H,1,7-14H2/t18-/m1/s1. The first kappa shape index (κ1) is 13.8. The van der Waals surface area contributed by atoms with Crippen LogP contribution in [0, 0.1) is 0 Å². The molecule has 1 aliphatic heterocycles. The van der Waals surface area contributed by atoms with Crippen LogP contribution < -0.4 is 5.32 Å². The summed E-state index contributed by atoms with van der Waals surface area (Å²) in [7, 11) is 0. The van der Waals surface area contributed by atoms with E-state index in [1.165, 1.54) is 45.2 Å². The average Bonchev–Trinajstić information content (AvgIpc) is 2.49. The highest BCUT2D eigenvalue weighted by Crippen LogP contribution is 2.22. The number of piperidine rings is 1. The first-order valence-corrected chi connectivity index (χ1v) is 8.01. The highest BCUT2D eigenvalue weighted by atomic mass is 15.1. The molecular formula is C18H26N2. The van der Waals surface area contributed by atoms with E-state index < -0.39 is 0 Å².